The van der Waals surface area contributed by atoms with E-state index in [9.17, 15) is 0 Å². The molecule has 0 saturated heterocycles. The minimum absolute atomic E-state index is 0.131. The molecular weight excluding hydrogens is 112 g/mol. The lowest BCUT2D eigenvalue weighted by Gasteiger charge is -2.23. The molecule has 0 heterocycles. The Morgan fingerprint density at radius 2 is 2.00 bits per heavy atom. The summed E-state index contributed by atoms with van der Waals surface area (Å²) in [7, 11) is 0. The topological polar surface area (TPSA) is 20.2 Å². The molecule has 0 spiro atoms. The van der Waals surface area contributed by atoms with Crippen molar-refractivity contribution in [3.8, 4) is 0 Å². The summed E-state index contributed by atoms with van der Waals surface area (Å²) in [4.78, 5) is 0. The number of aliphatic hydroxyl groups is 1. The van der Waals surface area contributed by atoms with E-state index in [2.05, 4.69) is 20.8 Å². The molecule has 0 rings (SSSR count). The van der Waals surface area contributed by atoms with Crippen LogP contribution in [0.15, 0.2) is 0 Å². The summed E-state index contributed by atoms with van der Waals surface area (Å²) in [6, 6.07) is 0. The molecule has 55 valence electrons. The zero-order chi connectivity index (χ0) is 7.49. The lowest BCUT2D eigenvalue weighted by molar-refractivity contribution is 0.159. The Balaban J connectivity index is 3.58. The van der Waals surface area contributed by atoms with Crippen molar-refractivity contribution in [3.05, 3.63) is 6.92 Å². The van der Waals surface area contributed by atoms with Gasteiger partial charge in [0.25, 0.3) is 0 Å². The maximum atomic E-state index is 8.78. The molecule has 0 aliphatic carbocycles. The van der Waals surface area contributed by atoms with Gasteiger partial charge in [0.1, 0.15) is 0 Å². The number of hydrogen-bond donors (Lipinski definition) is 1. The minimum Gasteiger partial charge on any atom is -0.396 e. The summed E-state index contributed by atoms with van der Waals surface area (Å²) in [6.07, 6.45) is 0.990. The van der Waals surface area contributed by atoms with Gasteiger partial charge in [-0.2, -0.15) is 0 Å². The Bertz CT molecular complexity index is 74.6. The van der Waals surface area contributed by atoms with Crippen LogP contribution in [-0.4, -0.2) is 11.7 Å². The molecule has 0 fully saturated rings. The molecule has 0 amide bonds. The largest absolute Gasteiger partial charge is 0.396 e. The molecule has 1 heteroatoms. The summed E-state index contributed by atoms with van der Waals surface area (Å²) in [6.45, 7) is 10.3. The highest BCUT2D eigenvalue weighted by Crippen LogP contribution is 2.23. The van der Waals surface area contributed by atoms with Crippen LogP contribution >= 0.6 is 0 Å². The van der Waals surface area contributed by atoms with E-state index in [4.69, 9.17) is 5.11 Å². The standard InChI is InChI=1S/C8H17O/c1-7(2)5-8(3,4)6-9/h7,9H,3,5-6H2,1-2,4H3. The Hall–Kier alpha value is -0.0400. The molecule has 0 aliphatic heterocycles. The van der Waals surface area contributed by atoms with Crippen molar-refractivity contribution in [1.29, 1.82) is 0 Å². The monoisotopic (exact) mass is 129 g/mol. The summed E-state index contributed by atoms with van der Waals surface area (Å²) < 4.78 is 0. The molecule has 1 atom stereocenters. The van der Waals surface area contributed by atoms with E-state index < -0.39 is 0 Å². The average Bonchev–Trinajstić information content (AvgIpc) is 1.63. The van der Waals surface area contributed by atoms with Crippen molar-refractivity contribution in [2.24, 2.45) is 11.3 Å². The fraction of sp³-hybridized carbons (Fsp3) is 0.875. The van der Waals surface area contributed by atoms with Crippen LogP contribution in [0.2, 0.25) is 0 Å². The van der Waals surface area contributed by atoms with Gasteiger partial charge in [-0.05, 0) is 24.7 Å². The van der Waals surface area contributed by atoms with E-state index in [0.29, 0.717) is 5.92 Å². The smallest absolute Gasteiger partial charge is 0.0484 e. The quantitative estimate of drug-likeness (QED) is 0.616. The van der Waals surface area contributed by atoms with Gasteiger partial charge >= 0.3 is 0 Å². The minimum atomic E-state index is -0.131. The van der Waals surface area contributed by atoms with Gasteiger partial charge in [0.05, 0.1) is 0 Å². The Kier molecular flexibility index (Phi) is 3.20. The van der Waals surface area contributed by atoms with Crippen LogP contribution in [0.4, 0.5) is 0 Å². The zero-order valence-electron chi connectivity index (χ0n) is 6.65. The summed E-state index contributed by atoms with van der Waals surface area (Å²) in [5.74, 6) is 0.625. The molecule has 0 aromatic rings. The fourth-order valence-corrected chi connectivity index (χ4v) is 1.05. The second-order valence-electron chi connectivity index (χ2n) is 3.57. The molecule has 9 heavy (non-hydrogen) atoms. The Morgan fingerprint density at radius 3 is 2.11 bits per heavy atom. The normalized spacial score (nSPS) is 12.7. The van der Waals surface area contributed by atoms with E-state index in [0.717, 1.165) is 6.42 Å². The van der Waals surface area contributed by atoms with Gasteiger partial charge in [-0.25, -0.2) is 0 Å². The summed E-state index contributed by atoms with van der Waals surface area (Å²) >= 11 is 0. The molecule has 1 nitrogen and oxygen atoms in total. The first-order valence-corrected chi connectivity index (χ1v) is 3.44. The van der Waals surface area contributed by atoms with E-state index in [1.807, 2.05) is 6.92 Å². The molecule has 1 radical (unpaired) electrons. The molecule has 0 aliphatic rings. The van der Waals surface area contributed by atoms with Crippen LogP contribution in [0, 0.1) is 18.3 Å². The predicted molar refractivity (Wildman–Crippen MR) is 40.0 cm³/mol. The van der Waals surface area contributed by atoms with Crippen molar-refractivity contribution in [2.45, 2.75) is 27.2 Å². The first kappa shape index (κ1) is 8.96. The van der Waals surface area contributed by atoms with Crippen LogP contribution in [0.25, 0.3) is 0 Å². The highest BCUT2D eigenvalue weighted by atomic mass is 16.3. The number of hydrogen-bond acceptors (Lipinski definition) is 1. The molecule has 0 saturated carbocycles. The predicted octanol–water partition coefficient (Wildman–Crippen LogP) is 1.87. The molecular formula is C8H17O. The number of aliphatic hydroxyl groups excluding tert-OH is 1. The molecule has 0 aromatic carbocycles. The first-order chi connectivity index (χ1) is 3.98. The molecule has 1 N–H and O–H groups in total. The molecule has 1 unspecified atom stereocenters. The van der Waals surface area contributed by atoms with Crippen molar-refractivity contribution in [2.75, 3.05) is 6.61 Å². The van der Waals surface area contributed by atoms with Crippen molar-refractivity contribution < 1.29 is 5.11 Å². The second kappa shape index (κ2) is 3.21. The van der Waals surface area contributed by atoms with Gasteiger partial charge in [0.2, 0.25) is 0 Å². The van der Waals surface area contributed by atoms with Crippen LogP contribution in [0.1, 0.15) is 27.2 Å². The van der Waals surface area contributed by atoms with Crippen molar-refractivity contribution in [3.63, 3.8) is 0 Å². The van der Waals surface area contributed by atoms with E-state index >= 15 is 0 Å². The average molecular weight is 129 g/mol. The third-order valence-electron chi connectivity index (χ3n) is 1.28. The van der Waals surface area contributed by atoms with Crippen LogP contribution in [0.5, 0.6) is 0 Å². The second-order valence-corrected chi connectivity index (χ2v) is 3.57. The highest BCUT2D eigenvalue weighted by Gasteiger charge is 2.17. The highest BCUT2D eigenvalue weighted by molar-refractivity contribution is 4.76. The van der Waals surface area contributed by atoms with Crippen LogP contribution in [-0.2, 0) is 0 Å². The Morgan fingerprint density at radius 1 is 1.56 bits per heavy atom. The summed E-state index contributed by atoms with van der Waals surface area (Å²) in [5, 5.41) is 8.78. The van der Waals surface area contributed by atoms with Gasteiger partial charge in [-0.3, -0.25) is 0 Å². The zero-order valence-corrected chi connectivity index (χ0v) is 6.65. The first-order valence-electron chi connectivity index (χ1n) is 3.44. The van der Waals surface area contributed by atoms with E-state index in [1.165, 1.54) is 0 Å². The third kappa shape index (κ3) is 4.46. The van der Waals surface area contributed by atoms with Crippen LogP contribution < -0.4 is 0 Å². The van der Waals surface area contributed by atoms with Crippen molar-refractivity contribution >= 4 is 0 Å². The van der Waals surface area contributed by atoms with Crippen molar-refractivity contribution in [1.82, 2.24) is 0 Å². The lowest BCUT2D eigenvalue weighted by Crippen LogP contribution is -2.19. The number of rotatable bonds is 3. The maximum Gasteiger partial charge on any atom is 0.0484 e. The van der Waals surface area contributed by atoms with Gasteiger partial charge in [-0.15, -0.1) is 0 Å². The fourth-order valence-electron chi connectivity index (χ4n) is 1.05. The SMILES string of the molecule is [CH2]C(C)(CO)CC(C)C. The van der Waals surface area contributed by atoms with E-state index in [1.54, 1.807) is 0 Å². The van der Waals surface area contributed by atoms with Gasteiger partial charge in [0, 0.05) is 6.61 Å². The van der Waals surface area contributed by atoms with Gasteiger partial charge in [0.15, 0.2) is 0 Å². The Labute approximate surface area is 58.1 Å². The molecule has 0 aromatic heterocycles. The molecule has 0 bridgehead atoms. The van der Waals surface area contributed by atoms with E-state index in [-0.39, 0.29) is 12.0 Å². The maximum absolute atomic E-state index is 8.78. The summed E-state index contributed by atoms with van der Waals surface area (Å²) in [5.41, 5.74) is -0.131. The lowest BCUT2D eigenvalue weighted by atomic mass is 9.85. The van der Waals surface area contributed by atoms with Gasteiger partial charge < -0.3 is 5.11 Å². The van der Waals surface area contributed by atoms with Gasteiger partial charge in [-0.1, -0.05) is 20.8 Å². The van der Waals surface area contributed by atoms with Crippen LogP contribution in [0.3, 0.4) is 0 Å². The third-order valence-corrected chi connectivity index (χ3v) is 1.28.